The van der Waals surface area contributed by atoms with E-state index in [-0.39, 0.29) is 0 Å². The summed E-state index contributed by atoms with van der Waals surface area (Å²) in [6, 6.07) is 32.4. The fourth-order valence-corrected chi connectivity index (χ4v) is 4.85. The van der Waals surface area contributed by atoms with Crippen LogP contribution < -0.4 is 0 Å². The van der Waals surface area contributed by atoms with Gasteiger partial charge in [-0.15, -0.1) is 0 Å². The summed E-state index contributed by atoms with van der Waals surface area (Å²) in [5.41, 5.74) is 4.06. The molecule has 0 aliphatic carbocycles. The maximum Gasteiger partial charge on any atom is 0.0972 e. The van der Waals surface area contributed by atoms with Crippen molar-refractivity contribution in [1.82, 2.24) is 9.97 Å². The molecular formula is C28H16N2. The largest absolute Gasteiger partial charge is 0.254 e. The van der Waals surface area contributed by atoms with Crippen molar-refractivity contribution in [2.45, 2.75) is 0 Å². The third kappa shape index (κ3) is 2.08. The van der Waals surface area contributed by atoms with Crippen molar-refractivity contribution in [3.05, 3.63) is 97.2 Å². The van der Waals surface area contributed by atoms with Gasteiger partial charge >= 0.3 is 0 Å². The van der Waals surface area contributed by atoms with Crippen LogP contribution in [0.3, 0.4) is 0 Å². The van der Waals surface area contributed by atoms with Gasteiger partial charge in [0, 0.05) is 22.5 Å². The van der Waals surface area contributed by atoms with Gasteiger partial charge in [-0.05, 0) is 50.5 Å². The van der Waals surface area contributed by atoms with Gasteiger partial charge in [0.2, 0.25) is 0 Å². The number of nitrogens with zero attached hydrogens (tertiary/aromatic N) is 2. The predicted molar refractivity (Wildman–Crippen MR) is 126 cm³/mol. The number of benzene rings is 5. The molecule has 0 amide bonds. The van der Waals surface area contributed by atoms with Gasteiger partial charge in [0.25, 0.3) is 0 Å². The van der Waals surface area contributed by atoms with E-state index in [1.54, 1.807) is 0 Å². The fraction of sp³-hybridized carbons (Fsp3) is 0. The Labute approximate surface area is 172 Å². The first-order chi connectivity index (χ1) is 14.9. The average Bonchev–Trinajstić information content (AvgIpc) is 2.82. The number of hydrogen-bond acceptors (Lipinski definition) is 2. The SMILES string of the molecule is c1cnc2c(c1)ccc1ccc(-c3cc4cccc5ccc6cccc3c6c54)nc12. The van der Waals surface area contributed by atoms with E-state index in [0.29, 0.717) is 0 Å². The highest BCUT2D eigenvalue weighted by Gasteiger charge is 2.14. The lowest BCUT2D eigenvalue weighted by molar-refractivity contribution is 1.37. The number of pyridine rings is 2. The minimum atomic E-state index is 0.953. The quantitative estimate of drug-likeness (QED) is 0.278. The molecule has 0 radical (unpaired) electrons. The van der Waals surface area contributed by atoms with Crippen LogP contribution in [-0.4, -0.2) is 9.97 Å². The van der Waals surface area contributed by atoms with Crippen molar-refractivity contribution >= 4 is 54.1 Å². The molecule has 0 fully saturated rings. The van der Waals surface area contributed by atoms with E-state index < -0.39 is 0 Å². The lowest BCUT2D eigenvalue weighted by atomic mass is 9.90. The molecule has 30 heavy (non-hydrogen) atoms. The molecule has 0 saturated carbocycles. The molecule has 2 heterocycles. The molecule has 5 aromatic carbocycles. The first kappa shape index (κ1) is 15.8. The van der Waals surface area contributed by atoms with Crippen LogP contribution >= 0.6 is 0 Å². The van der Waals surface area contributed by atoms with Crippen LogP contribution in [0.2, 0.25) is 0 Å². The highest BCUT2D eigenvalue weighted by molar-refractivity contribution is 6.26. The minimum Gasteiger partial charge on any atom is -0.254 e. The molecule has 0 unspecified atom stereocenters. The maximum absolute atomic E-state index is 5.12. The van der Waals surface area contributed by atoms with E-state index in [4.69, 9.17) is 4.98 Å². The first-order valence-electron chi connectivity index (χ1n) is 10.2. The van der Waals surface area contributed by atoms with E-state index in [9.17, 15) is 0 Å². The van der Waals surface area contributed by atoms with Crippen molar-refractivity contribution < 1.29 is 0 Å². The van der Waals surface area contributed by atoms with E-state index in [1.807, 2.05) is 12.3 Å². The summed E-state index contributed by atoms with van der Waals surface area (Å²) in [5.74, 6) is 0. The Morgan fingerprint density at radius 1 is 0.500 bits per heavy atom. The van der Waals surface area contributed by atoms with Gasteiger partial charge in [-0.3, -0.25) is 4.98 Å². The Morgan fingerprint density at radius 2 is 1.17 bits per heavy atom. The molecule has 7 aromatic rings. The Hall–Kier alpha value is -4.04. The monoisotopic (exact) mass is 380 g/mol. The topological polar surface area (TPSA) is 25.8 Å². The molecule has 0 aliphatic heterocycles. The number of hydrogen-bond donors (Lipinski definition) is 0. The van der Waals surface area contributed by atoms with E-state index in [0.717, 1.165) is 27.5 Å². The molecule has 0 N–H and O–H groups in total. The molecule has 0 saturated heterocycles. The Morgan fingerprint density at radius 3 is 2.07 bits per heavy atom. The third-order valence-electron chi connectivity index (χ3n) is 6.22. The molecule has 2 heteroatoms. The first-order valence-corrected chi connectivity index (χ1v) is 10.2. The third-order valence-corrected chi connectivity index (χ3v) is 6.22. The summed E-state index contributed by atoms with van der Waals surface area (Å²) in [4.78, 5) is 9.74. The zero-order valence-corrected chi connectivity index (χ0v) is 16.1. The summed E-state index contributed by atoms with van der Waals surface area (Å²) >= 11 is 0. The van der Waals surface area contributed by atoms with Crippen molar-refractivity contribution in [3.8, 4) is 11.3 Å². The highest BCUT2D eigenvalue weighted by atomic mass is 14.8. The normalized spacial score (nSPS) is 12.0. The van der Waals surface area contributed by atoms with Gasteiger partial charge < -0.3 is 0 Å². The molecule has 0 spiro atoms. The average molecular weight is 380 g/mol. The minimum absolute atomic E-state index is 0.953. The summed E-state index contributed by atoms with van der Waals surface area (Å²) in [6.45, 7) is 0. The van der Waals surface area contributed by atoms with Gasteiger partial charge in [-0.2, -0.15) is 0 Å². The number of aromatic nitrogens is 2. The smallest absolute Gasteiger partial charge is 0.0972 e. The maximum atomic E-state index is 5.12. The zero-order chi connectivity index (χ0) is 19.7. The van der Waals surface area contributed by atoms with Crippen LogP contribution in [0.1, 0.15) is 0 Å². The van der Waals surface area contributed by atoms with Crippen LogP contribution in [-0.2, 0) is 0 Å². The zero-order valence-electron chi connectivity index (χ0n) is 16.1. The van der Waals surface area contributed by atoms with Gasteiger partial charge in [-0.1, -0.05) is 72.8 Å². The highest BCUT2D eigenvalue weighted by Crippen LogP contribution is 2.40. The van der Waals surface area contributed by atoms with Crippen molar-refractivity contribution in [2.24, 2.45) is 0 Å². The lowest BCUT2D eigenvalue weighted by Gasteiger charge is -2.15. The van der Waals surface area contributed by atoms with E-state index in [2.05, 4.69) is 89.9 Å². The second-order valence-corrected chi connectivity index (χ2v) is 7.88. The molecule has 2 aromatic heterocycles. The predicted octanol–water partition coefficient (Wildman–Crippen LogP) is 7.35. The van der Waals surface area contributed by atoms with Crippen LogP contribution in [0.25, 0.3) is 65.4 Å². The van der Waals surface area contributed by atoms with Gasteiger partial charge in [0.05, 0.1) is 16.7 Å². The standard InChI is InChI=1S/C28H16N2/c1-4-17-9-10-18-5-2-8-22-23(16-21(6-1)25(17)26(18)22)24-14-13-20-12-11-19-7-3-15-29-27(19)28(20)30-24/h1-16H. The van der Waals surface area contributed by atoms with Crippen LogP contribution in [0.4, 0.5) is 0 Å². The molecule has 0 atom stereocenters. The molecule has 0 bridgehead atoms. The summed E-state index contributed by atoms with van der Waals surface area (Å²) in [6.07, 6.45) is 1.84. The Balaban J connectivity index is 1.63. The lowest BCUT2D eigenvalue weighted by Crippen LogP contribution is -1.91. The van der Waals surface area contributed by atoms with Gasteiger partial charge in [0.1, 0.15) is 0 Å². The van der Waals surface area contributed by atoms with Crippen LogP contribution in [0.15, 0.2) is 97.2 Å². The Bertz CT molecular complexity index is 1750. The van der Waals surface area contributed by atoms with Crippen LogP contribution in [0.5, 0.6) is 0 Å². The van der Waals surface area contributed by atoms with Crippen LogP contribution in [0, 0.1) is 0 Å². The molecule has 2 nitrogen and oxygen atoms in total. The van der Waals surface area contributed by atoms with Gasteiger partial charge in [0.15, 0.2) is 0 Å². The summed E-state index contributed by atoms with van der Waals surface area (Å²) < 4.78 is 0. The molecular weight excluding hydrogens is 364 g/mol. The van der Waals surface area contributed by atoms with Crippen molar-refractivity contribution in [3.63, 3.8) is 0 Å². The number of fused-ring (bicyclic) bond motifs is 3. The second kappa shape index (κ2) is 5.74. The second-order valence-electron chi connectivity index (χ2n) is 7.88. The fourth-order valence-electron chi connectivity index (χ4n) is 4.85. The van der Waals surface area contributed by atoms with Crippen molar-refractivity contribution in [2.75, 3.05) is 0 Å². The van der Waals surface area contributed by atoms with E-state index >= 15 is 0 Å². The molecule has 138 valence electrons. The number of rotatable bonds is 1. The van der Waals surface area contributed by atoms with Gasteiger partial charge in [-0.25, -0.2) is 4.98 Å². The van der Waals surface area contributed by atoms with E-state index in [1.165, 1.54) is 37.9 Å². The summed E-state index contributed by atoms with van der Waals surface area (Å²) in [7, 11) is 0. The molecule has 7 rings (SSSR count). The summed E-state index contributed by atoms with van der Waals surface area (Å²) in [5, 5.41) is 9.94. The molecule has 0 aliphatic rings. The van der Waals surface area contributed by atoms with Crippen molar-refractivity contribution in [1.29, 1.82) is 0 Å². The Kier molecular flexibility index (Phi) is 3.03.